The van der Waals surface area contributed by atoms with E-state index in [1.54, 1.807) is 13.8 Å². The Labute approximate surface area is 122 Å². The summed E-state index contributed by atoms with van der Waals surface area (Å²) in [7, 11) is -2.41. The van der Waals surface area contributed by atoms with Gasteiger partial charge in [0, 0.05) is 19.2 Å². The van der Waals surface area contributed by atoms with Gasteiger partial charge in [0.1, 0.15) is 11.6 Å². The third-order valence-electron chi connectivity index (χ3n) is 3.24. The van der Waals surface area contributed by atoms with Crippen molar-refractivity contribution in [1.29, 1.82) is 0 Å². The van der Waals surface area contributed by atoms with E-state index in [9.17, 15) is 12.8 Å². The maximum atomic E-state index is 13.4. The Bertz CT molecular complexity index is 751. The number of hydrogen-bond acceptors (Lipinski definition) is 5. The fraction of sp³-hybridized carbons (Fsp3) is 0.308. The average Bonchev–Trinajstić information content (AvgIpc) is 2.73. The molecule has 2 N–H and O–H groups in total. The van der Waals surface area contributed by atoms with Crippen molar-refractivity contribution >= 4 is 15.7 Å². The van der Waals surface area contributed by atoms with Crippen molar-refractivity contribution in [2.75, 3.05) is 12.8 Å². The minimum atomic E-state index is -3.82. The molecule has 0 saturated carbocycles. The highest BCUT2D eigenvalue weighted by Gasteiger charge is 2.24. The van der Waals surface area contributed by atoms with Crippen molar-refractivity contribution in [3.05, 3.63) is 41.0 Å². The lowest BCUT2D eigenvalue weighted by molar-refractivity contribution is 0.390. The number of aromatic nitrogens is 1. The van der Waals surface area contributed by atoms with Crippen molar-refractivity contribution in [3.63, 3.8) is 0 Å². The summed E-state index contributed by atoms with van der Waals surface area (Å²) < 4.78 is 44.4. The molecule has 0 spiro atoms. The summed E-state index contributed by atoms with van der Waals surface area (Å²) >= 11 is 0. The number of nitrogens with two attached hydrogens (primary N) is 1. The van der Waals surface area contributed by atoms with Crippen LogP contribution in [0.15, 0.2) is 27.6 Å². The van der Waals surface area contributed by atoms with E-state index in [1.165, 1.54) is 19.2 Å². The number of hydrogen-bond donors (Lipinski definition) is 1. The number of benzene rings is 1. The van der Waals surface area contributed by atoms with Crippen LogP contribution in [0.25, 0.3) is 0 Å². The van der Waals surface area contributed by atoms with E-state index in [1.807, 2.05) is 0 Å². The zero-order valence-electron chi connectivity index (χ0n) is 11.9. The third-order valence-corrected chi connectivity index (χ3v) is 5.04. The van der Waals surface area contributed by atoms with E-state index >= 15 is 0 Å². The Hall–Kier alpha value is -1.93. The first kappa shape index (κ1) is 15.5. The van der Waals surface area contributed by atoms with Crippen LogP contribution in [0.2, 0.25) is 0 Å². The second-order valence-electron chi connectivity index (χ2n) is 4.75. The fourth-order valence-corrected chi connectivity index (χ4v) is 3.03. The number of rotatable bonds is 4. The van der Waals surface area contributed by atoms with Gasteiger partial charge < -0.3 is 10.3 Å². The zero-order valence-corrected chi connectivity index (χ0v) is 12.7. The van der Waals surface area contributed by atoms with E-state index in [2.05, 4.69) is 5.16 Å². The molecule has 1 heterocycles. The summed E-state index contributed by atoms with van der Waals surface area (Å²) in [5.74, 6) is -0.208. The zero-order chi connectivity index (χ0) is 15.8. The molecule has 0 amide bonds. The number of anilines is 1. The van der Waals surface area contributed by atoms with Crippen molar-refractivity contribution in [3.8, 4) is 0 Å². The van der Waals surface area contributed by atoms with E-state index in [0.29, 0.717) is 17.0 Å². The molecule has 0 unspecified atom stereocenters. The van der Waals surface area contributed by atoms with Gasteiger partial charge in [0.15, 0.2) is 0 Å². The van der Waals surface area contributed by atoms with Gasteiger partial charge in [-0.1, -0.05) is 5.16 Å². The van der Waals surface area contributed by atoms with Crippen LogP contribution in [-0.2, 0) is 16.6 Å². The largest absolute Gasteiger partial charge is 0.396 e. The Morgan fingerprint density at radius 3 is 2.57 bits per heavy atom. The van der Waals surface area contributed by atoms with E-state index in [4.69, 9.17) is 10.3 Å². The predicted molar refractivity (Wildman–Crippen MR) is 75.4 cm³/mol. The number of nitrogens with zero attached hydrogens (tertiary/aromatic N) is 2. The first-order valence-electron chi connectivity index (χ1n) is 6.16. The molecule has 2 rings (SSSR count). The second-order valence-corrected chi connectivity index (χ2v) is 6.79. The molecule has 1 aromatic carbocycles. The van der Waals surface area contributed by atoms with Gasteiger partial charge in [0.25, 0.3) is 0 Å². The van der Waals surface area contributed by atoms with Crippen molar-refractivity contribution in [2.45, 2.75) is 25.3 Å². The lowest BCUT2D eigenvalue weighted by Crippen LogP contribution is -2.27. The van der Waals surface area contributed by atoms with Crippen LogP contribution in [0.5, 0.6) is 0 Å². The highest BCUT2D eigenvalue weighted by Crippen LogP contribution is 2.22. The summed E-state index contributed by atoms with van der Waals surface area (Å²) in [5.41, 5.74) is 6.57. The molecule has 0 bridgehead atoms. The molecule has 0 aliphatic rings. The molecule has 0 atom stereocenters. The van der Waals surface area contributed by atoms with E-state index < -0.39 is 15.8 Å². The van der Waals surface area contributed by atoms with Crippen molar-refractivity contribution < 1.29 is 17.3 Å². The standard InChI is InChI=1S/C13H16FN3O3S/c1-8-11(9(2)20-16-8)7-17(3)21(18,19)10-4-5-13(15)12(14)6-10/h4-6H,7,15H2,1-3H3. The van der Waals surface area contributed by atoms with Crippen LogP contribution in [0.4, 0.5) is 10.1 Å². The Morgan fingerprint density at radius 1 is 1.38 bits per heavy atom. The molecule has 114 valence electrons. The van der Waals surface area contributed by atoms with E-state index in [-0.39, 0.29) is 17.1 Å². The predicted octanol–water partition coefficient (Wildman–Crippen LogP) is 1.83. The number of sulfonamides is 1. The van der Waals surface area contributed by atoms with Crippen LogP contribution in [0, 0.1) is 19.7 Å². The Balaban J connectivity index is 2.32. The molecule has 0 fully saturated rings. The van der Waals surface area contributed by atoms with Gasteiger partial charge in [-0.05, 0) is 32.0 Å². The molecular formula is C13H16FN3O3S. The molecule has 2 aromatic rings. The van der Waals surface area contributed by atoms with Crippen LogP contribution < -0.4 is 5.73 Å². The summed E-state index contributed by atoms with van der Waals surface area (Å²) in [4.78, 5) is -0.150. The summed E-state index contributed by atoms with van der Waals surface area (Å²) in [6.45, 7) is 3.53. The fourth-order valence-electron chi connectivity index (χ4n) is 1.88. The van der Waals surface area contributed by atoms with Gasteiger partial charge >= 0.3 is 0 Å². The van der Waals surface area contributed by atoms with Crippen molar-refractivity contribution in [1.82, 2.24) is 9.46 Å². The molecule has 0 aliphatic heterocycles. The summed E-state index contributed by atoms with van der Waals surface area (Å²) in [5, 5.41) is 3.78. The van der Waals surface area contributed by atoms with Gasteiger partial charge in [-0.3, -0.25) is 0 Å². The van der Waals surface area contributed by atoms with Gasteiger partial charge in [0.05, 0.1) is 16.3 Å². The quantitative estimate of drug-likeness (QED) is 0.870. The second kappa shape index (κ2) is 5.45. The SMILES string of the molecule is Cc1noc(C)c1CN(C)S(=O)(=O)c1ccc(N)c(F)c1. The van der Waals surface area contributed by atoms with Crippen molar-refractivity contribution in [2.24, 2.45) is 0 Å². The monoisotopic (exact) mass is 313 g/mol. The lowest BCUT2D eigenvalue weighted by Gasteiger charge is -2.17. The molecule has 1 aromatic heterocycles. The minimum absolute atomic E-state index is 0.0928. The van der Waals surface area contributed by atoms with Gasteiger partial charge in [-0.15, -0.1) is 0 Å². The first-order chi connectivity index (χ1) is 9.73. The van der Waals surface area contributed by atoms with Gasteiger partial charge in [-0.2, -0.15) is 4.31 Å². The maximum Gasteiger partial charge on any atom is 0.243 e. The van der Waals surface area contributed by atoms with Crippen LogP contribution >= 0.6 is 0 Å². The first-order valence-corrected chi connectivity index (χ1v) is 7.60. The van der Waals surface area contributed by atoms with Crippen LogP contribution in [-0.4, -0.2) is 24.9 Å². The van der Waals surface area contributed by atoms with Gasteiger partial charge in [0.2, 0.25) is 10.0 Å². The number of halogens is 1. The van der Waals surface area contributed by atoms with E-state index in [0.717, 1.165) is 10.4 Å². The smallest absolute Gasteiger partial charge is 0.243 e. The summed E-state index contributed by atoms with van der Waals surface area (Å²) in [6.07, 6.45) is 0. The van der Waals surface area contributed by atoms with Crippen LogP contribution in [0.3, 0.4) is 0 Å². The number of nitrogen functional groups attached to an aromatic ring is 1. The molecular weight excluding hydrogens is 297 g/mol. The molecule has 6 nitrogen and oxygen atoms in total. The highest BCUT2D eigenvalue weighted by molar-refractivity contribution is 7.89. The molecule has 0 radical (unpaired) electrons. The maximum absolute atomic E-state index is 13.4. The molecule has 0 saturated heterocycles. The third kappa shape index (κ3) is 2.91. The normalized spacial score (nSPS) is 12.0. The summed E-state index contributed by atoms with van der Waals surface area (Å²) in [6, 6.07) is 3.41. The van der Waals surface area contributed by atoms with Crippen LogP contribution in [0.1, 0.15) is 17.0 Å². The number of aryl methyl sites for hydroxylation is 2. The Kier molecular flexibility index (Phi) is 4.02. The highest BCUT2D eigenvalue weighted by atomic mass is 32.2. The molecule has 21 heavy (non-hydrogen) atoms. The Morgan fingerprint density at radius 2 is 2.05 bits per heavy atom. The molecule has 0 aliphatic carbocycles. The lowest BCUT2D eigenvalue weighted by atomic mass is 10.2. The minimum Gasteiger partial charge on any atom is -0.396 e. The van der Waals surface area contributed by atoms with Gasteiger partial charge in [-0.25, -0.2) is 12.8 Å². The topological polar surface area (TPSA) is 89.4 Å². The average molecular weight is 313 g/mol. The molecule has 8 heteroatoms.